The Balaban J connectivity index is 2.86. The van der Waals surface area contributed by atoms with Crippen molar-refractivity contribution in [2.24, 2.45) is 5.73 Å². The Hall–Kier alpha value is -0.380. The summed E-state index contributed by atoms with van der Waals surface area (Å²) in [6, 6.07) is 5.90. The first-order valence-electron chi connectivity index (χ1n) is 3.86. The highest BCUT2D eigenvalue weighted by Gasteiger charge is 1.99. The van der Waals surface area contributed by atoms with Crippen LogP contribution >= 0.6 is 15.9 Å². The van der Waals surface area contributed by atoms with Crippen LogP contribution in [0.4, 0.5) is 0 Å². The number of hydrogen-bond donors (Lipinski definition) is 2. The highest BCUT2D eigenvalue weighted by atomic mass is 79.9. The van der Waals surface area contributed by atoms with E-state index in [9.17, 15) is 0 Å². The molecule has 1 aromatic carbocycles. The molecule has 0 saturated heterocycles. The van der Waals surface area contributed by atoms with E-state index in [4.69, 9.17) is 10.8 Å². The summed E-state index contributed by atoms with van der Waals surface area (Å²) < 4.78 is 0.955. The number of hydrogen-bond acceptors (Lipinski definition) is 2. The summed E-state index contributed by atoms with van der Waals surface area (Å²) in [6.07, 6.45) is 0.879. The SMILES string of the molecule is NCCc1ccc(CO)c(Br)c1. The van der Waals surface area contributed by atoms with Crippen molar-refractivity contribution in [2.75, 3.05) is 6.54 Å². The molecular weight excluding hydrogens is 218 g/mol. The molecule has 3 N–H and O–H groups in total. The minimum absolute atomic E-state index is 0.0729. The second kappa shape index (κ2) is 4.60. The zero-order valence-corrected chi connectivity index (χ0v) is 8.34. The first kappa shape index (κ1) is 9.71. The molecule has 1 aromatic rings. The number of halogens is 1. The predicted octanol–water partition coefficient (Wildman–Crippen LogP) is 1.44. The molecule has 0 unspecified atom stereocenters. The molecule has 0 fully saturated rings. The molecule has 0 spiro atoms. The Kier molecular flexibility index (Phi) is 3.72. The third-order valence-electron chi connectivity index (χ3n) is 1.72. The Morgan fingerprint density at radius 2 is 2.17 bits per heavy atom. The van der Waals surface area contributed by atoms with Crippen molar-refractivity contribution >= 4 is 15.9 Å². The van der Waals surface area contributed by atoms with E-state index in [1.165, 1.54) is 5.56 Å². The average molecular weight is 230 g/mol. The van der Waals surface area contributed by atoms with Crippen molar-refractivity contribution in [3.63, 3.8) is 0 Å². The maximum atomic E-state index is 8.88. The van der Waals surface area contributed by atoms with Gasteiger partial charge in [-0.1, -0.05) is 28.1 Å². The highest BCUT2D eigenvalue weighted by Crippen LogP contribution is 2.18. The number of nitrogens with two attached hydrogens (primary N) is 1. The lowest BCUT2D eigenvalue weighted by Gasteiger charge is -2.03. The van der Waals surface area contributed by atoms with Crippen LogP contribution in [0.5, 0.6) is 0 Å². The van der Waals surface area contributed by atoms with Crippen molar-refractivity contribution in [1.82, 2.24) is 0 Å². The average Bonchev–Trinajstić information content (AvgIpc) is 2.05. The maximum Gasteiger partial charge on any atom is 0.0692 e. The van der Waals surface area contributed by atoms with Crippen LogP contribution in [-0.2, 0) is 13.0 Å². The van der Waals surface area contributed by atoms with Gasteiger partial charge >= 0.3 is 0 Å². The van der Waals surface area contributed by atoms with E-state index in [0.29, 0.717) is 6.54 Å². The second-order valence-electron chi connectivity index (χ2n) is 2.62. The van der Waals surface area contributed by atoms with Gasteiger partial charge in [-0.25, -0.2) is 0 Å². The van der Waals surface area contributed by atoms with Gasteiger partial charge in [-0.2, -0.15) is 0 Å². The summed E-state index contributed by atoms with van der Waals surface area (Å²) in [4.78, 5) is 0. The van der Waals surface area contributed by atoms with Gasteiger partial charge in [-0.15, -0.1) is 0 Å². The summed E-state index contributed by atoms with van der Waals surface area (Å²) in [5, 5.41) is 8.88. The first-order chi connectivity index (χ1) is 5.77. The molecule has 0 aliphatic rings. The Morgan fingerprint density at radius 3 is 2.67 bits per heavy atom. The molecule has 0 amide bonds. The summed E-state index contributed by atoms with van der Waals surface area (Å²) in [6.45, 7) is 0.731. The molecule has 0 bridgehead atoms. The van der Waals surface area contributed by atoms with Gasteiger partial charge in [0.05, 0.1) is 6.61 Å². The zero-order chi connectivity index (χ0) is 8.97. The standard InChI is InChI=1S/C9H12BrNO/c10-9-5-7(3-4-11)1-2-8(9)6-12/h1-2,5,12H,3-4,6,11H2. The van der Waals surface area contributed by atoms with Crippen molar-refractivity contribution in [1.29, 1.82) is 0 Å². The molecule has 12 heavy (non-hydrogen) atoms. The molecule has 2 nitrogen and oxygen atoms in total. The number of aliphatic hydroxyl groups is 1. The van der Waals surface area contributed by atoms with Crippen molar-refractivity contribution in [2.45, 2.75) is 13.0 Å². The minimum Gasteiger partial charge on any atom is -0.392 e. The fraction of sp³-hybridized carbons (Fsp3) is 0.333. The Bertz CT molecular complexity index is 263. The minimum atomic E-state index is 0.0729. The fourth-order valence-corrected chi connectivity index (χ4v) is 1.59. The van der Waals surface area contributed by atoms with Gasteiger partial charge in [0.2, 0.25) is 0 Å². The lowest BCUT2D eigenvalue weighted by atomic mass is 10.1. The maximum absolute atomic E-state index is 8.88. The van der Waals surface area contributed by atoms with E-state index in [2.05, 4.69) is 15.9 Å². The van der Waals surface area contributed by atoms with Gasteiger partial charge in [-0.05, 0) is 30.2 Å². The summed E-state index contributed by atoms with van der Waals surface area (Å²) in [5.74, 6) is 0. The van der Waals surface area contributed by atoms with Crippen LogP contribution in [0.1, 0.15) is 11.1 Å². The van der Waals surface area contributed by atoms with Crippen LogP contribution in [0.25, 0.3) is 0 Å². The largest absolute Gasteiger partial charge is 0.392 e. The van der Waals surface area contributed by atoms with Crippen LogP contribution in [0.3, 0.4) is 0 Å². The van der Waals surface area contributed by atoms with E-state index in [1.54, 1.807) is 0 Å². The van der Waals surface area contributed by atoms with Crippen molar-refractivity contribution < 1.29 is 5.11 Å². The molecule has 0 saturated carbocycles. The van der Waals surface area contributed by atoms with Gasteiger partial charge in [0.15, 0.2) is 0 Å². The molecule has 1 rings (SSSR count). The molecule has 0 aromatic heterocycles. The molecular formula is C9H12BrNO. The summed E-state index contributed by atoms with van der Waals surface area (Å²) >= 11 is 3.38. The highest BCUT2D eigenvalue weighted by molar-refractivity contribution is 9.10. The third kappa shape index (κ3) is 2.30. The molecule has 0 aliphatic carbocycles. The van der Waals surface area contributed by atoms with Gasteiger partial charge in [-0.3, -0.25) is 0 Å². The number of rotatable bonds is 3. The van der Waals surface area contributed by atoms with E-state index in [1.807, 2.05) is 18.2 Å². The molecule has 0 atom stereocenters. The lowest BCUT2D eigenvalue weighted by molar-refractivity contribution is 0.281. The van der Waals surface area contributed by atoms with E-state index in [-0.39, 0.29) is 6.61 Å². The van der Waals surface area contributed by atoms with Gasteiger partial charge < -0.3 is 10.8 Å². The Labute approximate surface area is 80.5 Å². The Morgan fingerprint density at radius 1 is 1.42 bits per heavy atom. The molecule has 3 heteroatoms. The quantitative estimate of drug-likeness (QED) is 0.825. The smallest absolute Gasteiger partial charge is 0.0692 e. The van der Waals surface area contributed by atoms with Crippen LogP contribution in [0.15, 0.2) is 22.7 Å². The number of benzene rings is 1. The second-order valence-corrected chi connectivity index (χ2v) is 3.48. The van der Waals surface area contributed by atoms with E-state index >= 15 is 0 Å². The topological polar surface area (TPSA) is 46.2 Å². The fourth-order valence-electron chi connectivity index (χ4n) is 1.04. The molecule has 0 aliphatic heterocycles. The molecule has 0 heterocycles. The monoisotopic (exact) mass is 229 g/mol. The van der Waals surface area contributed by atoms with E-state index < -0.39 is 0 Å². The van der Waals surface area contributed by atoms with E-state index in [0.717, 1.165) is 16.5 Å². The summed E-state index contributed by atoms with van der Waals surface area (Å²) in [7, 11) is 0. The first-order valence-corrected chi connectivity index (χ1v) is 4.65. The van der Waals surface area contributed by atoms with Crippen LogP contribution < -0.4 is 5.73 Å². The van der Waals surface area contributed by atoms with Gasteiger partial charge in [0.25, 0.3) is 0 Å². The molecule has 0 radical (unpaired) electrons. The van der Waals surface area contributed by atoms with Crippen molar-refractivity contribution in [3.8, 4) is 0 Å². The van der Waals surface area contributed by atoms with Crippen LogP contribution in [0.2, 0.25) is 0 Å². The lowest BCUT2D eigenvalue weighted by Crippen LogP contribution is -2.02. The van der Waals surface area contributed by atoms with Crippen LogP contribution in [-0.4, -0.2) is 11.7 Å². The van der Waals surface area contributed by atoms with Crippen LogP contribution in [0, 0.1) is 0 Å². The number of aliphatic hydroxyl groups excluding tert-OH is 1. The summed E-state index contributed by atoms with van der Waals surface area (Å²) in [5.41, 5.74) is 7.53. The zero-order valence-electron chi connectivity index (χ0n) is 6.76. The third-order valence-corrected chi connectivity index (χ3v) is 2.46. The van der Waals surface area contributed by atoms with Crippen molar-refractivity contribution in [3.05, 3.63) is 33.8 Å². The normalized spacial score (nSPS) is 10.2. The van der Waals surface area contributed by atoms with Gasteiger partial charge in [0, 0.05) is 4.47 Å². The molecule has 66 valence electrons. The van der Waals surface area contributed by atoms with Gasteiger partial charge in [0.1, 0.15) is 0 Å². The predicted molar refractivity (Wildman–Crippen MR) is 52.8 cm³/mol.